The summed E-state index contributed by atoms with van der Waals surface area (Å²) < 4.78 is 0. The molecule has 94 valence electrons. The Labute approximate surface area is 103 Å². The maximum Gasteiger partial charge on any atom is 0.228 e. The van der Waals surface area contributed by atoms with Crippen LogP contribution in [0.2, 0.25) is 0 Å². The van der Waals surface area contributed by atoms with Gasteiger partial charge in [-0.2, -0.15) is 0 Å². The highest BCUT2D eigenvalue weighted by Gasteiger charge is 2.17. The number of hydrogen-bond donors (Lipinski definition) is 2. The molecule has 0 spiro atoms. The quantitative estimate of drug-likeness (QED) is 0.820. The molecule has 1 unspecified atom stereocenters. The number of aryl methyl sites for hydroxylation is 2. The molecule has 1 aromatic rings. The standard InChI is InChI=1S/C13H21N3O/c1-4-5-11(8-14)13(17)16-12-9(2)6-7-15-10(12)3/h6-7,11H,4-5,8,14H2,1-3H3,(H,16,17). The summed E-state index contributed by atoms with van der Waals surface area (Å²) >= 11 is 0. The number of carbonyl (C=O) groups excluding carboxylic acids is 1. The van der Waals surface area contributed by atoms with Gasteiger partial charge < -0.3 is 11.1 Å². The minimum absolute atomic E-state index is 0.00597. The molecule has 1 amide bonds. The number of anilines is 1. The van der Waals surface area contributed by atoms with E-state index in [4.69, 9.17) is 5.73 Å². The molecule has 0 radical (unpaired) electrons. The molecule has 0 aromatic carbocycles. The van der Waals surface area contributed by atoms with E-state index in [2.05, 4.69) is 17.2 Å². The van der Waals surface area contributed by atoms with Crippen molar-refractivity contribution in [2.75, 3.05) is 11.9 Å². The maximum absolute atomic E-state index is 12.0. The van der Waals surface area contributed by atoms with E-state index in [-0.39, 0.29) is 11.8 Å². The second-order valence-electron chi connectivity index (χ2n) is 4.30. The van der Waals surface area contributed by atoms with E-state index in [1.54, 1.807) is 6.20 Å². The van der Waals surface area contributed by atoms with Gasteiger partial charge in [-0.3, -0.25) is 9.78 Å². The second-order valence-corrected chi connectivity index (χ2v) is 4.30. The molecule has 3 N–H and O–H groups in total. The van der Waals surface area contributed by atoms with Gasteiger partial charge in [-0.15, -0.1) is 0 Å². The number of nitrogens with two attached hydrogens (primary N) is 1. The molecule has 0 aliphatic heterocycles. The zero-order valence-electron chi connectivity index (χ0n) is 10.8. The van der Waals surface area contributed by atoms with Crippen molar-refractivity contribution in [1.82, 2.24) is 4.98 Å². The largest absolute Gasteiger partial charge is 0.330 e. The van der Waals surface area contributed by atoms with Gasteiger partial charge in [-0.1, -0.05) is 13.3 Å². The third-order valence-corrected chi connectivity index (χ3v) is 2.89. The van der Waals surface area contributed by atoms with Crippen molar-refractivity contribution in [2.24, 2.45) is 11.7 Å². The van der Waals surface area contributed by atoms with E-state index < -0.39 is 0 Å². The second kappa shape index (κ2) is 6.35. The monoisotopic (exact) mass is 235 g/mol. The fraction of sp³-hybridized carbons (Fsp3) is 0.538. The summed E-state index contributed by atoms with van der Waals surface area (Å²) in [5.41, 5.74) is 8.29. The van der Waals surface area contributed by atoms with Gasteiger partial charge in [0.05, 0.1) is 17.3 Å². The summed E-state index contributed by atoms with van der Waals surface area (Å²) in [7, 11) is 0. The molecule has 17 heavy (non-hydrogen) atoms. The van der Waals surface area contributed by atoms with Crippen LogP contribution >= 0.6 is 0 Å². The highest BCUT2D eigenvalue weighted by Crippen LogP contribution is 2.18. The summed E-state index contributed by atoms with van der Waals surface area (Å²) in [5.74, 6) is -0.118. The summed E-state index contributed by atoms with van der Waals surface area (Å²) in [6.45, 7) is 6.29. The first-order valence-corrected chi connectivity index (χ1v) is 6.03. The molecule has 1 heterocycles. The molecule has 0 aliphatic carbocycles. The molecular weight excluding hydrogens is 214 g/mol. The Bertz CT molecular complexity index is 370. The number of pyridine rings is 1. The Morgan fingerprint density at radius 2 is 2.24 bits per heavy atom. The molecule has 0 bridgehead atoms. The summed E-state index contributed by atoms with van der Waals surface area (Å²) in [5, 5.41) is 2.93. The third kappa shape index (κ3) is 3.53. The zero-order valence-corrected chi connectivity index (χ0v) is 10.8. The lowest BCUT2D eigenvalue weighted by atomic mass is 10.0. The molecule has 0 saturated heterocycles. The average Bonchev–Trinajstić information content (AvgIpc) is 2.30. The van der Waals surface area contributed by atoms with Crippen molar-refractivity contribution >= 4 is 11.6 Å². The van der Waals surface area contributed by atoms with Crippen LogP contribution in [-0.4, -0.2) is 17.4 Å². The highest BCUT2D eigenvalue weighted by atomic mass is 16.1. The predicted octanol–water partition coefficient (Wildman–Crippen LogP) is 2.01. The lowest BCUT2D eigenvalue weighted by Crippen LogP contribution is -2.29. The van der Waals surface area contributed by atoms with Crippen molar-refractivity contribution in [1.29, 1.82) is 0 Å². The van der Waals surface area contributed by atoms with Crippen LogP contribution in [0.1, 0.15) is 31.0 Å². The minimum Gasteiger partial charge on any atom is -0.330 e. The van der Waals surface area contributed by atoms with Crippen LogP contribution in [-0.2, 0) is 4.79 Å². The number of aromatic nitrogens is 1. The molecule has 0 aliphatic rings. The van der Waals surface area contributed by atoms with Crippen molar-refractivity contribution < 1.29 is 4.79 Å². The van der Waals surface area contributed by atoms with E-state index in [1.165, 1.54) is 0 Å². The Morgan fingerprint density at radius 3 is 2.76 bits per heavy atom. The van der Waals surface area contributed by atoms with E-state index in [9.17, 15) is 4.79 Å². The smallest absolute Gasteiger partial charge is 0.228 e. The van der Waals surface area contributed by atoms with Crippen LogP contribution in [0, 0.1) is 19.8 Å². The van der Waals surface area contributed by atoms with Gasteiger partial charge in [0.2, 0.25) is 5.91 Å². The van der Waals surface area contributed by atoms with E-state index in [0.29, 0.717) is 6.54 Å². The molecular formula is C13H21N3O. The Hall–Kier alpha value is -1.42. The number of rotatable bonds is 5. The van der Waals surface area contributed by atoms with E-state index in [0.717, 1.165) is 29.8 Å². The van der Waals surface area contributed by atoms with Crippen LogP contribution in [0.5, 0.6) is 0 Å². The Balaban J connectivity index is 2.80. The summed E-state index contributed by atoms with van der Waals surface area (Å²) in [4.78, 5) is 16.2. The fourth-order valence-corrected chi connectivity index (χ4v) is 1.81. The van der Waals surface area contributed by atoms with Gasteiger partial charge in [-0.05, 0) is 31.9 Å². The number of amides is 1. The van der Waals surface area contributed by atoms with Gasteiger partial charge in [0.15, 0.2) is 0 Å². The first-order chi connectivity index (χ1) is 8.10. The molecule has 1 rings (SSSR count). The van der Waals surface area contributed by atoms with Crippen LogP contribution in [0.25, 0.3) is 0 Å². The van der Waals surface area contributed by atoms with E-state index >= 15 is 0 Å². The predicted molar refractivity (Wildman–Crippen MR) is 69.8 cm³/mol. The van der Waals surface area contributed by atoms with Gasteiger partial charge in [-0.25, -0.2) is 0 Å². The SMILES string of the molecule is CCCC(CN)C(=O)Nc1c(C)ccnc1C. The number of nitrogens with zero attached hydrogens (tertiary/aromatic N) is 1. The van der Waals surface area contributed by atoms with Crippen molar-refractivity contribution in [3.8, 4) is 0 Å². The molecule has 4 heteroatoms. The molecule has 0 saturated carbocycles. The normalized spacial score (nSPS) is 12.2. The number of carbonyl (C=O) groups is 1. The van der Waals surface area contributed by atoms with E-state index in [1.807, 2.05) is 19.9 Å². The molecule has 4 nitrogen and oxygen atoms in total. The topological polar surface area (TPSA) is 68.0 Å². The van der Waals surface area contributed by atoms with Crippen LogP contribution in [0.4, 0.5) is 5.69 Å². The lowest BCUT2D eigenvalue weighted by molar-refractivity contribution is -0.119. The molecule has 0 fully saturated rings. The lowest BCUT2D eigenvalue weighted by Gasteiger charge is -2.16. The summed E-state index contributed by atoms with van der Waals surface area (Å²) in [6.07, 6.45) is 3.52. The Morgan fingerprint density at radius 1 is 1.53 bits per heavy atom. The zero-order chi connectivity index (χ0) is 12.8. The van der Waals surface area contributed by atoms with Crippen molar-refractivity contribution in [2.45, 2.75) is 33.6 Å². The maximum atomic E-state index is 12.0. The third-order valence-electron chi connectivity index (χ3n) is 2.89. The van der Waals surface area contributed by atoms with Gasteiger partial charge in [0.1, 0.15) is 0 Å². The number of nitrogens with one attached hydrogen (secondary N) is 1. The minimum atomic E-state index is -0.112. The molecule has 1 aromatic heterocycles. The average molecular weight is 235 g/mol. The van der Waals surface area contributed by atoms with Crippen LogP contribution in [0.3, 0.4) is 0 Å². The van der Waals surface area contributed by atoms with Crippen LogP contribution < -0.4 is 11.1 Å². The van der Waals surface area contributed by atoms with Gasteiger partial charge in [0, 0.05) is 12.7 Å². The van der Waals surface area contributed by atoms with Crippen molar-refractivity contribution in [3.05, 3.63) is 23.5 Å². The summed E-state index contributed by atoms with van der Waals surface area (Å²) in [6, 6.07) is 1.89. The van der Waals surface area contributed by atoms with Gasteiger partial charge in [0.25, 0.3) is 0 Å². The highest BCUT2D eigenvalue weighted by molar-refractivity contribution is 5.93. The molecule has 1 atom stereocenters. The van der Waals surface area contributed by atoms with Crippen LogP contribution in [0.15, 0.2) is 12.3 Å². The number of hydrogen-bond acceptors (Lipinski definition) is 3. The van der Waals surface area contributed by atoms with Gasteiger partial charge >= 0.3 is 0 Å². The Kier molecular flexibility index (Phi) is 5.10. The first-order valence-electron chi connectivity index (χ1n) is 6.03. The first kappa shape index (κ1) is 13.6. The fourth-order valence-electron chi connectivity index (χ4n) is 1.81. The van der Waals surface area contributed by atoms with Crippen molar-refractivity contribution in [3.63, 3.8) is 0 Å².